The first-order valence-electron chi connectivity index (χ1n) is 7.16. The molecule has 1 rings (SSSR count). The van der Waals surface area contributed by atoms with E-state index < -0.39 is 0 Å². The largest absolute Gasteiger partial charge is 0.462 e. The van der Waals surface area contributed by atoms with Crippen molar-refractivity contribution in [1.82, 2.24) is 0 Å². The molecule has 0 amide bonds. The third-order valence-corrected chi connectivity index (χ3v) is 3.40. The summed E-state index contributed by atoms with van der Waals surface area (Å²) in [5.74, 6) is 0.262. The fourth-order valence-corrected chi connectivity index (χ4v) is 1.95. The van der Waals surface area contributed by atoms with E-state index in [0.29, 0.717) is 18.1 Å². The van der Waals surface area contributed by atoms with E-state index in [1.54, 1.807) is 12.1 Å². The summed E-state index contributed by atoms with van der Waals surface area (Å²) < 4.78 is 5.39. The number of unbranched alkanes of at least 4 members (excludes halogenated alkanes) is 1. The van der Waals surface area contributed by atoms with Gasteiger partial charge in [0.05, 0.1) is 12.2 Å². The molecule has 0 radical (unpaired) electrons. The summed E-state index contributed by atoms with van der Waals surface area (Å²) in [6.45, 7) is 4.86. The molecule has 0 bridgehead atoms. The van der Waals surface area contributed by atoms with Gasteiger partial charge in [-0.3, -0.25) is 0 Å². The highest BCUT2D eigenvalue weighted by atomic mass is 16.5. The van der Waals surface area contributed by atoms with Crippen molar-refractivity contribution >= 4 is 11.7 Å². The van der Waals surface area contributed by atoms with Crippen molar-refractivity contribution in [2.24, 2.45) is 5.92 Å². The van der Waals surface area contributed by atoms with Crippen LogP contribution in [0.2, 0.25) is 0 Å². The highest BCUT2D eigenvalue weighted by molar-refractivity contribution is 5.89. The minimum absolute atomic E-state index is 0.224. The first kappa shape index (κ1) is 15.5. The number of benzene rings is 1. The van der Waals surface area contributed by atoms with E-state index in [4.69, 9.17) is 4.74 Å². The standard InChI is InChI=1S/C16H25NO2/c1-4-6-7-13(5-2)12-19-16(18)14-8-10-15(17-3)11-9-14/h8-11,13,17H,4-7,12H2,1-3H3. The van der Waals surface area contributed by atoms with Crippen molar-refractivity contribution in [3.63, 3.8) is 0 Å². The number of nitrogens with one attached hydrogen (secondary N) is 1. The zero-order valence-corrected chi connectivity index (χ0v) is 12.2. The smallest absolute Gasteiger partial charge is 0.338 e. The molecule has 0 aliphatic rings. The van der Waals surface area contributed by atoms with Gasteiger partial charge in [0.25, 0.3) is 0 Å². The van der Waals surface area contributed by atoms with Crippen LogP contribution in [0.4, 0.5) is 5.69 Å². The minimum atomic E-state index is -0.224. The maximum absolute atomic E-state index is 11.9. The highest BCUT2D eigenvalue weighted by Crippen LogP contribution is 2.15. The summed E-state index contributed by atoms with van der Waals surface area (Å²) in [5.41, 5.74) is 1.61. The summed E-state index contributed by atoms with van der Waals surface area (Å²) in [6, 6.07) is 7.35. The number of carbonyl (C=O) groups is 1. The predicted octanol–water partition coefficient (Wildman–Crippen LogP) is 4.10. The SMILES string of the molecule is CCCCC(CC)COC(=O)c1ccc(NC)cc1. The van der Waals surface area contributed by atoms with E-state index in [-0.39, 0.29) is 5.97 Å². The molecule has 106 valence electrons. The highest BCUT2D eigenvalue weighted by Gasteiger charge is 2.11. The second-order valence-corrected chi connectivity index (χ2v) is 4.84. The Morgan fingerprint density at radius 1 is 1.26 bits per heavy atom. The van der Waals surface area contributed by atoms with Gasteiger partial charge in [0, 0.05) is 12.7 Å². The van der Waals surface area contributed by atoms with Crippen LogP contribution in [-0.2, 0) is 4.74 Å². The molecule has 0 spiro atoms. The topological polar surface area (TPSA) is 38.3 Å². The fraction of sp³-hybridized carbons (Fsp3) is 0.562. The lowest BCUT2D eigenvalue weighted by Crippen LogP contribution is -2.14. The second-order valence-electron chi connectivity index (χ2n) is 4.84. The van der Waals surface area contributed by atoms with Gasteiger partial charge in [-0.1, -0.05) is 33.1 Å². The lowest BCUT2D eigenvalue weighted by molar-refractivity contribution is 0.0428. The predicted molar refractivity (Wildman–Crippen MR) is 79.6 cm³/mol. The first-order valence-corrected chi connectivity index (χ1v) is 7.16. The number of esters is 1. The summed E-state index contributed by atoms with van der Waals surface area (Å²) >= 11 is 0. The molecule has 19 heavy (non-hydrogen) atoms. The molecule has 0 fully saturated rings. The normalized spacial score (nSPS) is 11.9. The van der Waals surface area contributed by atoms with Crippen LogP contribution in [0.5, 0.6) is 0 Å². The van der Waals surface area contributed by atoms with Crippen LogP contribution in [0.25, 0.3) is 0 Å². The summed E-state index contributed by atoms with van der Waals surface area (Å²) in [4.78, 5) is 11.9. The maximum atomic E-state index is 11.9. The van der Waals surface area contributed by atoms with Crippen LogP contribution in [0, 0.1) is 5.92 Å². The van der Waals surface area contributed by atoms with Crippen LogP contribution in [-0.4, -0.2) is 19.6 Å². The molecule has 0 aromatic heterocycles. The van der Waals surface area contributed by atoms with E-state index in [2.05, 4.69) is 19.2 Å². The van der Waals surface area contributed by atoms with Crippen molar-refractivity contribution in [2.45, 2.75) is 39.5 Å². The van der Waals surface area contributed by atoms with Gasteiger partial charge in [0.1, 0.15) is 0 Å². The van der Waals surface area contributed by atoms with Gasteiger partial charge in [-0.25, -0.2) is 4.79 Å². The molecule has 1 N–H and O–H groups in total. The molecule has 3 nitrogen and oxygen atoms in total. The van der Waals surface area contributed by atoms with Gasteiger partial charge in [0.2, 0.25) is 0 Å². The maximum Gasteiger partial charge on any atom is 0.338 e. The van der Waals surface area contributed by atoms with Crippen LogP contribution in [0.15, 0.2) is 24.3 Å². The zero-order valence-electron chi connectivity index (χ0n) is 12.2. The van der Waals surface area contributed by atoms with Crippen molar-refractivity contribution in [3.05, 3.63) is 29.8 Å². The van der Waals surface area contributed by atoms with Crippen molar-refractivity contribution in [3.8, 4) is 0 Å². The average Bonchev–Trinajstić information content (AvgIpc) is 2.47. The van der Waals surface area contributed by atoms with E-state index in [1.807, 2.05) is 19.2 Å². The molecule has 3 heteroatoms. The number of ether oxygens (including phenoxy) is 1. The molecular formula is C16H25NO2. The van der Waals surface area contributed by atoms with E-state index in [1.165, 1.54) is 12.8 Å². The Balaban J connectivity index is 2.44. The zero-order chi connectivity index (χ0) is 14.1. The van der Waals surface area contributed by atoms with Crippen LogP contribution in [0.3, 0.4) is 0 Å². The number of hydrogen-bond acceptors (Lipinski definition) is 3. The number of carbonyl (C=O) groups excluding carboxylic acids is 1. The van der Waals surface area contributed by atoms with E-state index in [9.17, 15) is 4.79 Å². The van der Waals surface area contributed by atoms with Crippen LogP contribution in [0.1, 0.15) is 49.9 Å². The van der Waals surface area contributed by atoms with E-state index in [0.717, 1.165) is 18.5 Å². The minimum Gasteiger partial charge on any atom is -0.462 e. The van der Waals surface area contributed by atoms with E-state index >= 15 is 0 Å². The Bertz CT molecular complexity index is 373. The number of anilines is 1. The molecule has 0 aliphatic heterocycles. The fourth-order valence-electron chi connectivity index (χ4n) is 1.95. The second kappa shape index (κ2) is 8.57. The molecule has 0 heterocycles. The summed E-state index contributed by atoms with van der Waals surface area (Å²) in [5, 5.41) is 3.02. The van der Waals surface area contributed by atoms with Gasteiger partial charge in [-0.15, -0.1) is 0 Å². The van der Waals surface area contributed by atoms with Crippen molar-refractivity contribution in [2.75, 3.05) is 19.0 Å². The quantitative estimate of drug-likeness (QED) is 0.717. The number of hydrogen-bond donors (Lipinski definition) is 1. The molecule has 0 saturated heterocycles. The molecule has 1 atom stereocenters. The van der Waals surface area contributed by atoms with Gasteiger partial charge in [0.15, 0.2) is 0 Å². The van der Waals surface area contributed by atoms with Crippen LogP contribution >= 0.6 is 0 Å². The van der Waals surface area contributed by atoms with Gasteiger partial charge < -0.3 is 10.1 Å². The van der Waals surface area contributed by atoms with Gasteiger partial charge in [-0.2, -0.15) is 0 Å². The lowest BCUT2D eigenvalue weighted by atomic mass is 10.0. The van der Waals surface area contributed by atoms with Crippen molar-refractivity contribution < 1.29 is 9.53 Å². The molecule has 0 aliphatic carbocycles. The van der Waals surface area contributed by atoms with Gasteiger partial charge in [-0.05, 0) is 36.6 Å². The molecular weight excluding hydrogens is 238 g/mol. The Kier molecular flexibility index (Phi) is 7.01. The van der Waals surface area contributed by atoms with Crippen LogP contribution < -0.4 is 5.32 Å². The summed E-state index contributed by atoms with van der Waals surface area (Å²) in [7, 11) is 1.85. The molecule has 1 aromatic rings. The molecule has 1 unspecified atom stereocenters. The van der Waals surface area contributed by atoms with Crippen molar-refractivity contribution in [1.29, 1.82) is 0 Å². The third kappa shape index (κ3) is 5.33. The monoisotopic (exact) mass is 263 g/mol. The molecule has 0 saturated carbocycles. The number of rotatable bonds is 8. The third-order valence-electron chi connectivity index (χ3n) is 3.40. The average molecular weight is 263 g/mol. The van der Waals surface area contributed by atoms with Gasteiger partial charge >= 0.3 is 5.97 Å². The Labute approximate surface area is 116 Å². The Hall–Kier alpha value is -1.51. The lowest BCUT2D eigenvalue weighted by Gasteiger charge is -2.14. The first-order chi connectivity index (χ1) is 9.21. The summed E-state index contributed by atoms with van der Waals surface area (Å²) in [6.07, 6.45) is 4.59. The Morgan fingerprint density at radius 3 is 2.47 bits per heavy atom. The molecule has 1 aromatic carbocycles. The Morgan fingerprint density at radius 2 is 1.95 bits per heavy atom.